The van der Waals surface area contributed by atoms with Gasteiger partial charge in [0.15, 0.2) is 0 Å². The molecule has 0 saturated carbocycles. The standard InChI is InChI=1S/C13H21NO3/c1-9(15)10(2)17-13-6-5-12(16-4)7-11(13)8-14-3/h5-7,9-10,14-15H,8H2,1-4H3. The number of methoxy groups -OCH3 is 1. The zero-order chi connectivity index (χ0) is 12.8. The fraction of sp³-hybridized carbons (Fsp3) is 0.538. The number of hydrogen-bond acceptors (Lipinski definition) is 4. The Hall–Kier alpha value is -1.26. The van der Waals surface area contributed by atoms with E-state index in [1.165, 1.54) is 0 Å². The number of nitrogens with one attached hydrogen (secondary N) is 1. The third kappa shape index (κ3) is 3.91. The summed E-state index contributed by atoms with van der Waals surface area (Å²) < 4.78 is 10.9. The van der Waals surface area contributed by atoms with Crippen molar-refractivity contribution in [3.8, 4) is 11.5 Å². The van der Waals surface area contributed by atoms with Gasteiger partial charge < -0.3 is 19.9 Å². The number of benzene rings is 1. The summed E-state index contributed by atoms with van der Waals surface area (Å²) in [7, 11) is 3.51. The van der Waals surface area contributed by atoms with Crippen LogP contribution < -0.4 is 14.8 Å². The zero-order valence-corrected chi connectivity index (χ0v) is 10.9. The predicted molar refractivity (Wildman–Crippen MR) is 67.5 cm³/mol. The summed E-state index contributed by atoms with van der Waals surface area (Å²) in [6.45, 7) is 4.25. The number of hydrogen-bond donors (Lipinski definition) is 2. The van der Waals surface area contributed by atoms with Gasteiger partial charge in [-0.3, -0.25) is 0 Å². The maximum atomic E-state index is 9.44. The van der Waals surface area contributed by atoms with Crippen LogP contribution in [-0.2, 0) is 6.54 Å². The molecule has 0 spiro atoms. The molecule has 2 unspecified atom stereocenters. The maximum absolute atomic E-state index is 9.44. The molecule has 0 aliphatic heterocycles. The first-order valence-electron chi connectivity index (χ1n) is 5.74. The molecule has 1 rings (SSSR count). The fourth-order valence-corrected chi connectivity index (χ4v) is 1.43. The minimum atomic E-state index is -0.500. The lowest BCUT2D eigenvalue weighted by molar-refractivity contribution is 0.0597. The topological polar surface area (TPSA) is 50.7 Å². The van der Waals surface area contributed by atoms with E-state index >= 15 is 0 Å². The summed E-state index contributed by atoms with van der Waals surface area (Å²) in [5.74, 6) is 1.57. The Morgan fingerprint density at radius 3 is 2.59 bits per heavy atom. The number of rotatable bonds is 6. The Labute approximate surface area is 103 Å². The van der Waals surface area contributed by atoms with Gasteiger partial charge in [-0.2, -0.15) is 0 Å². The van der Waals surface area contributed by atoms with Crippen molar-refractivity contribution in [3.63, 3.8) is 0 Å². The van der Waals surface area contributed by atoms with Crippen molar-refractivity contribution in [3.05, 3.63) is 23.8 Å². The molecule has 0 amide bonds. The molecule has 0 saturated heterocycles. The molecular formula is C13H21NO3. The lowest BCUT2D eigenvalue weighted by Gasteiger charge is -2.20. The molecule has 0 radical (unpaired) electrons. The molecule has 2 atom stereocenters. The Morgan fingerprint density at radius 1 is 1.35 bits per heavy atom. The van der Waals surface area contributed by atoms with Crippen LogP contribution in [0.2, 0.25) is 0 Å². The molecule has 0 bridgehead atoms. The third-order valence-electron chi connectivity index (χ3n) is 2.63. The van der Waals surface area contributed by atoms with Crippen LogP contribution in [0.3, 0.4) is 0 Å². The van der Waals surface area contributed by atoms with Crippen molar-refractivity contribution in [2.45, 2.75) is 32.6 Å². The Morgan fingerprint density at radius 2 is 2.06 bits per heavy atom. The minimum absolute atomic E-state index is 0.237. The van der Waals surface area contributed by atoms with Gasteiger partial charge in [0.05, 0.1) is 13.2 Å². The first-order valence-corrected chi connectivity index (χ1v) is 5.74. The van der Waals surface area contributed by atoms with Crippen LogP contribution in [0.25, 0.3) is 0 Å². The molecule has 96 valence electrons. The lowest BCUT2D eigenvalue weighted by Crippen LogP contribution is -2.26. The monoisotopic (exact) mass is 239 g/mol. The van der Waals surface area contributed by atoms with Crippen LogP contribution in [0, 0.1) is 0 Å². The van der Waals surface area contributed by atoms with Gasteiger partial charge in [-0.15, -0.1) is 0 Å². The highest BCUT2D eigenvalue weighted by molar-refractivity contribution is 5.40. The summed E-state index contributed by atoms with van der Waals surface area (Å²) in [6, 6.07) is 5.65. The Kier molecular flexibility index (Phi) is 5.25. The van der Waals surface area contributed by atoms with Crippen LogP contribution >= 0.6 is 0 Å². The van der Waals surface area contributed by atoms with E-state index in [4.69, 9.17) is 9.47 Å². The van der Waals surface area contributed by atoms with Gasteiger partial charge in [-0.25, -0.2) is 0 Å². The van der Waals surface area contributed by atoms with Crippen LogP contribution in [-0.4, -0.2) is 31.5 Å². The van der Waals surface area contributed by atoms with Crippen molar-refractivity contribution >= 4 is 0 Å². The summed E-state index contributed by atoms with van der Waals surface area (Å²) in [4.78, 5) is 0. The molecule has 4 nitrogen and oxygen atoms in total. The van der Waals surface area contributed by atoms with E-state index in [9.17, 15) is 5.11 Å². The van der Waals surface area contributed by atoms with E-state index in [-0.39, 0.29) is 6.10 Å². The third-order valence-corrected chi connectivity index (χ3v) is 2.63. The first-order chi connectivity index (χ1) is 8.08. The highest BCUT2D eigenvalue weighted by Gasteiger charge is 2.13. The summed E-state index contributed by atoms with van der Waals surface area (Å²) in [5, 5.41) is 12.5. The maximum Gasteiger partial charge on any atom is 0.124 e. The lowest BCUT2D eigenvalue weighted by atomic mass is 10.1. The van der Waals surface area contributed by atoms with Crippen LogP contribution in [0.4, 0.5) is 0 Å². The number of aliphatic hydroxyl groups is 1. The van der Waals surface area contributed by atoms with Crippen molar-refractivity contribution in [1.29, 1.82) is 0 Å². The average molecular weight is 239 g/mol. The van der Waals surface area contributed by atoms with E-state index in [2.05, 4.69) is 5.32 Å². The van der Waals surface area contributed by atoms with Crippen LogP contribution in [0.15, 0.2) is 18.2 Å². The van der Waals surface area contributed by atoms with Crippen molar-refractivity contribution in [2.24, 2.45) is 0 Å². The van der Waals surface area contributed by atoms with Gasteiger partial charge >= 0.3 is 0 Å². The van der Waals surface area contributed by atoms with Crippen LogP contribution in [0.1, 0.15) is 19.4 Å². The molecule has 1 aromatic carbocycles. The highest BCUT2D eigenvalue weighted by Crippen LogP contribution is 2.25. The van der Waals surface area contributed by atoms with Gasteiger partial charge in [0, 0.05) is 12.1 Å². The second-order valence-corrected chi connectivity index (χ2v) is 4.07. The molecule has 0 heterocycles. The predicted octanol–water partition coefficient (Wildman–Crippen LogP) is 1.56. The highest BCUT2D eigenvalue weighted by atomic mass is 16.5. The largest absolute Gasteiger partial charge is 0.497 e. The summed E-state index contributed by atoms with van der Waals surface area (Å²) >= 11 is 0. The number of aliphatic hydroxyl groups excluding tert-OH is 1. The van der Waals surface area contributed by atoms with E-state index in [1.807, 2.05) is 32.2 Å². The average Bonchev–Trinajstić information content (AvgIpc) is 2.31. The first kappa shape index (κ1) is 13.8. The molecule has 4 heteroatoms. The van der Waals surface area contributed by atoms with Gasteiger partial charge in [-0.1, -0.05) is 0 Å². The van der Waals surface area contributed by atoms with E-state index in [0.29, 0.717) is 6.54 Å². The quantitative estimate of drug-likeness (QED) is 0.791. The van der Waals surface area contributed by atoms with Crippen LogP contribution in [0.5, 0.6) is 11.5 Å². The molecule has 17 heavy (non-hydrogen) atoms. The van der Waals surface area contributed by atoms with Gasteiger partial charge in [0.2, 0.25) is 0 Å². The molecule has 0 aliphatic rings. The molecule has 0 aromatic heterocycles. The van der Waals surface area contributed by atoms with E-state index < -0.39 is 6.10 Å². The molecular weight excluding hydrogens is 218 g/mol. The summed E-state index contributed by atoms with van der Waals surface area (Å²) in [6.07, 6.45) is -0.737. The number of ether oxygens (including phenoxy) is 2. The van der Waals surface area contributed by atoms with Gasteiger partial charge in [-0.05, 0) is 39.1 Å². The molecule has 0 fully saturated rings. The Bertz CT molecular complexity index is 353. The minimum Gasteiger partial charge on any atom is -0.497 e. The molecule has 0 aliphatic carbocycles. The zero-order valence-electron chi connectivity index (χ0n) is 10.9. The normalized spacial score (nSPS) is 14.2. The van der Waals surface area contributed by atoms with Crippen molar-refractivity contribution in [2.75, 3.05) is 14.2 Å². The Balaban J connectivity index is 2.89. The van der Waals surface area contributed by atoms with E-state index in [1.54, 1.807) is 14.0 Å². The fourth-order valence-electron chi connectivity index (χ4n) is 1.43. The molecule has 2 N–H and O–H groups in total. The van der Waals surface area contributed by atoms with Crippen molar-refractivity contribution in [1.82, 2.24) is 5.32 Å². The smallest absolute Gasteiger partial charge is 0.124 e. The molecule has 1 aromatic rings. The summed E-state index contributed by atoms with van der Waals surface area (Å²) in [5.41, 5.74) is 1.01. The van der Waals surface area contributed by atoms with Gasteiger partial charge in [0.1, 0.15) is 17.6 Å². The second kappa shape index (κ2) is 6.47. The SMILES string of the molecule is CNCc1cc(OC)ccc1OC(C)C(C)O. The second-order valence-electron chi connectivity index (χ2n) is 4.07. The van der Waals surface area contributed by atoms with Gasteiger partial charge in [0.25, 0.3) is 0 Å². The van der Waals surface area contributed by atoms with E-state index in [0.717, 1.165) is 17.1 Å². The van der Waals surface area contributed by atoms with Crippen molar-refractivity contribution < 1.29 is 14.6 Å².